The number of halogens is 3. The number of carbonyl (C=O) groups is 1. The topological polar surface area (TPSA) is 51.2 Å². The van der Waals surface area contributed by atoms with Crippen molar-refractivity contribution in [2.45, 2.75) is 51.6 Å². The van der Waals surface area contributed by atoms with E-state index in [-0.39, 0.29) is 61.7 Å². The second-order valence-corrected chi connectivity index (χ2v) is 7.87. The second-order valence-electron chi connectivity index (χ2n) is 5.40. The third-order valence-electron chi connectivity index (χ3n) is 3.96. The molecule has 1 fully saturated rings. The highest BCUT2D eigenvalue weighted by Gasteiger charge is 2.42. The average Bonchev–Trinajstić information content (AvgIpc) is 2.37. The number of Topliss-reactive ketones (excluding diaryl/α,β-unsaturated/α-hetero) is 1. The van der Waals surface area contributed by atoms with Crippen molar-refractivity contribution >= 4 is 15.6 Å². The number of ketones is 1. The van der Waals surface area contributed by atoms with Crippen LogP contribution in [0.3, 0.4) is 0 Å². The maximum absolute atomic E-state index is 12.5. The van der Waals surface area contributed by atoms with Gasteiger partial charge in [-0.2, -0.15) is 13.2 Å². The van der Waals surface area contributed by atoms with Crippen molar-refractivity contribution in [1.29, 1.82) is 0 Å². The van der Waals surface area contributed by atoms with Gasteiger partial charge in [-0.25, -0.2) is 8.42 Å². The van der Waals surface area contributed by atoms with Crippen molar-refractivity contribution in [3.63, 3.8) is 0 Å². The summed E-state index contributed by atoms with van der Waals surface area (Å²) in [6, 6.07) is 0. The fraction of sp³-hybridized carbons (Fsp3) is 0.923. The van der Waals surface area contributed by atoms with Crippen LogP contribution in [0.1, 0.15) is 45.4 Å². The largest absolute Gasteiger partial charge is 0.391 e. The van der Waals surface area contributed by atoms with E-state index < -0.39 is 21.9 Å². The van der Waals surface area contributed by atoms with E-state index in [1.165, 1.54) is 0 Å². The smallest absolute Gasteiger partial charge is 0.299 e. The van der Waals surface area contributed by atoms with E-state index in [1.54, 1.807) is 6.92 Å². The molecule has 118 valence electrons. The van der Waals surface area contributed by atoms with Crippen LogP contribution in [0.4, 0.5) is 13.2 Å². The van der Waals surface area contributed by atoms with Crippen molar-refractivity contribution in [2.24, 2.45) is 11.8 Å². The molecule has 0 N–H and O–H groups in total. The third-order valence-corrected chi connectivity index (χ3v) is 5.75. The summed E-state index contributed by atoms with van der Waals surface area (Å²) in [6.45, 7) is 1.55. The highest BCUT2D eigenvalue weighted by Crippen LogP contribution is 2.39. The molecule has 0 aromatic rings. The molecular formula is C13H21F3O3S. The first-order chi connectivity index (χ1) is 9.15. The van der Waals surface area contributed by atoms with Crippen molar-refractivity contribution < 1.29 is 26.4 Å². The fourth-order valence-corrected chi connectivity index (χ4v) is 3.43. The van der Waals surface area contributed by atoms with Gasteiger partial charge < -0.3 is 0 Å². The van der Waals surface area contributed by atoms with Gasteiger partial charge in [0.1, 0.15) is 15.6 Å². The van der Waals surface area contributed by atoms with Crippen LogP contribution in [0.25, 0.3) is 0 Å². The lowest BCUT2D eigenvalue weighted by atomic mass is 9.79. The van der Waals surface area contributed by atoms with Gasteiger partial charge in [-0.15, -0.1) is 0 Å². The van der Waals surface area contributed by atoms with Crippen LogP contribution < -0.4 is 0 Å². The molecule has 0 spiro atoms. The number of hydrogen-bond acceptors (Lipinski definition) is 3. The highest BCUT2D eigenvalue weighted by atomic mass is 32.2. The Morgan fingerprint density at radius 3 is 2.15 bits per heavy atom. The summed E-state index contributed by atoms with van der Waals surface area (Å²) in [4.78, 5) is 11.9. The Hall–Kier alpha value is -0.590. The molecule has 1 saturated carbocycles. The molecule has 7 heteroatoms. The summed E-state index contributed by atoms with van der Waals surface area (Å²) < 4.78 is 60.0. The highest BCUT2D eigenvalue weighted by molar-refractivity contribution is 7.91. The number of hydrogen-bond donors (Lipinski definition) is 0. The summed E-state index contributed by atoms with van der Waals surface area (Å²) in [5, 5.41) is 0. The minimum atomic E-state index is -4.16. The van der Waals surface area contributed by atoms with E-state index in [1.807, 2.05) is 0 Å². The van der Waals surface area contributed by atoms with Gasteiger partial charge in [-0.05, 0) is 32.1 Å². The van der Waals surface area contributed by atoms with E-state index in [4.69, 9.17) is 0 Å². The second kappa shape index (κ2) is 6.91. The molecule has 0 unspecified atom stereocenters. The Morgan fingerprint density at radius 2 is 1.70 bits per heavy atom. The number of carbonyl (C=O) groups excluding carboxylic acids is 1. The Bertz CT molecular complexity index is 421. The van der Waals surface area contributed by atoms with Gasteiger partial charge in [0.25, 0.3) is 0 Å². The Labute approximate surface area is 117 Å². The van der Waals surface area contributed by atoms with Gasteiger partial charge in [0.2, 0.25) is 0 Å². The molecule has 1 aliphatic carbocycles. The zero-order valence-electron chi connectivity index (χ0n) is 11.6. The number of rotatable bonds is 6. The van der Waals surface area contributed by atoms with Crippen molar-refractivity contribution in [1.82, 2.24) is 0 Å². The summed E-state index contributed by atoms with van der Waals surface area (Å²) in [5.41, 5.74) is 0. The molecule has 0 saturated heterocycles. The van der Waals surface area contributed by atoms with Gasteiger partial charge in [-0.1, -0.05) is 6.92 Å². The van der Waals surface area contributed by atoms with Crippen LogP contribution in [0.5, 0.6) is 0 Å². The average molecular weight is 314 g/mol. The molecule has 0 aromatic carbocycles. The molecule has 1 aliphatic rings. The molecular weight excluding hydrogens is 293 g/mol. The van der Waals surface area contributed by atoms with Gasteiger partial charge in [0, 0.05) is 18.1 Å². The predicted molar refractivity (Wildman–Crippen MR) is 70.1 cm³/mol. The van der Waals surface area contributed by atoms with Crippen molar-refractivity contribution in [2.75, 3.05) is 11.5 Å². The van der Waals surface area contributed by atoms with E-state index in [0.29, 0.717) is 0 Å². The fourth-order valence-electron chi connectivity index (χ4n) is 2.56. The lowest BCUT2D eigenvalue weighted by Crippen LogP contribution is -2.30. The molecule has 0 radical (unpaired) electrons. The lowest BCUT2D eigenvalue weighted by molar-refractivity contribution is -0.184. The first-order valence-corrected chi connectivity index (χ1v) is 8.77. The van der Waals surface area contributed by atoms with Crippen LogP contribution in [0.2, 0.25) is 0 Å². The first kappa shape index (κ1) is 17.5. The number of sulfone groups is 1. The molecule has 1 rings (SSSR count). The molecule has 0 aliphatic heterocycles. The molecule has 0 heterocycles. The van der Waals surface area contributed by atoms with Crippen LogP contribution in [-0.4, -0.2) is 31.9 Å². The zero-order chi connectivity index (χ0) is 15.4. The number of alkyl halides is 3. The maximum atomic E-state index is 12.5. The van der Waals surface area contributed by atoms with Crippen LogP contribution in [-0.2, 0) is 14.6 Å². The molecule has 0 amide bonds. The van der Waals surface area contributed by atoms with Crippen LogP contribution in [0, 0.1) is 11.8 Å². The Balaban J connectivity index is 2.33. The molecule has 0 bridgehead atoms. The molecule has 20 heavy (non-hydrogen) atoms. The summed E-state index contributed by atoms with van der Waals surface area (Å²) in [5.74, 6) is -1.66. The van der Waals surface area contributed by atoms with Crippen molar-refractivity contribution in [3.8, 4) is 0 Å². The van der Waals surface area contributed by atoms with Crippen LogP contribution >= 0.6 is 0 Å². The van der Waals surface area contributed by atoms with Gasteiger partial charge >= 0.3 is 6.18 Å². The van der Waals surface area contributed by atoms with Gasteiger partial charge in [-0.3, -0.25) is 4.79 Å². The van der Waals surface area contributed by atoms with Crippen LogP contribution in [0.15, 0.2) is 0 Å². The quantitative estimate of drug-likeness (QED) is 0.757. The molecule has 0 aromatic heterocycles. The summed E-state index contributed by atoms with van der Waals surface area (Å²) in [7, 11) is -3.08. The van der Waals surface area contributed by atoms with E-state index in [9.17, 15) is 26.4 Å². The van der Waals surface area contributed by atoms with Crippen molar-refractivity contribution in [3.05, 3.63) is 0 Å². The normalized spacial score (nSPS) is 24.6. The monoisotopic (exact) mass is 314 g/mol. The van der Waals surface area contributed by atoms with E-state index >= 15 is 0 Å². The molecule has 0 atom stereocenters. The minimum Gasteiger partial charge on any atom is -0.299 e. The summed E-state index contributed by atoms with van der Waals surface area (Å²) >= 11 is 0. The third kappa shape index (κ3) is 5.42. The SMILES string of the molecule is CCS(=O)(=O)CCCC(=O)C1CCC(C(F)(F)F)CC1. The Kier molecular flexibility index (Phi) is 6.04. The Morgan fingerprint density at radius 1 is 1.15 bits per heavy atom. The predicted octanol–water partition coefficient (Wildman–Crippen LogP) is 3.14. The first-order valence-electron chi connectivity index (χ1n) is 6.95. The minimum absolute atomic E-state index is 0.00711. The summed E-state index contributed by atoms with van der Waals surface area (Å²) in [6.07, 6.45) is -3.19. The lowest BCUT2D eigenvalue weighted by Gasteiger charge is -2.29. The van der Waals surface area contributed by atoms with Gasteiger partial charge in [0.15, 0.2) is 0 Å². The van der Waals surface area contributed by atoms with Gasteiger partial charge in [0.05, 0.1) is 11.7 Å². The molecule has 3 nitrogen and oxygen atoms in total. The maximum Gasteiger partial charge on any atom is 0.391 e. The standard InChI is InChI=1S/C13H21F3O3S/c1-2-20(18,19)9-3-4-12(17)10-5-7-11(8-6-10)13(14,15)16/h10-11H,2-9H2,1H3. The van der Waals surface area contributed by atoms with E-state index in [0.717, 1.165) is 0 Å². The van der Waals surface area contributed by atoms with E-state index in [2.05, 4.69) is 0 Å². The zero-order valence-corrected chi connectivity index (χ0v) is 12.4.